The van der Waals surface area contributed by atoms with Crippen LogP contribution < -0.4 is 19.7 Å². The lowest BCUT2D eigenvalue weighted by Gasteiger charge is -2.17. The Bertz CT molecular complexity index is 754. The van der Waals surface area contributed by atoms with Gasteiger partial charge in [-0.05, 0) is 24.3 Å². The Morgan fingerprint density at radius 1 is 1.08 bits per heavy atom. The quantitative estimate of drug-likeness (QED) is 0.906. The number of para-hydroxylation sites is 1. The second-order valence-corrected chi connectivity index (χ2v) is 5.82. The topological polar surface area (TPSA) is 67.9 Å². The number of benzene rings is 2. The number of carbonyl (C=O) groups is 2. The number of hydrogen-bond donors (Lipinski definition) is 1. The van der Waals surface area contributed by atoms with Crippen molar-refractivity contribution in [2.24, 2.45) is 0 Å². The molecule has 6 nitrogen and oxygen atoms in total. The van der Waals surface area contributed by atoms with Gasteiger partial charge in [0.15, 0.2) is 0 Å². The lowest BCUT2D eigenvalue weighted by atomic mass is 10.1. The van der Waals surface area contributed by atoms with Gasteiger partial charge in [-0.25, -0.2) is 0 Å². The van der Waals surface area contributed by atoms with E-state index in [9.17, 15) is 9.59 Å². The normalized spacial score (nSPS) is 16.6. The van der Waals surface area contributed by atoms with Crippen LogP contribution in [0.2, 0.25) is 0 Å². The Hall–Kier alpha value is -3.02. The lowest BCUT2D eigenvalue weighted by molar-refractivity contribution is -0.117. The SMILES string of the molecule is COc1cc(OC)cc(C(=O)N[C@H]2CC(=O)N(c3ccccc3)C2)c1. The number of nitrogens with one attached hydrogen (secondary N) is 1. The fraction of sp³-hybridized carbons (Fsp3) is 0.263. The standard InChI is InChI=1S/C19H20N2O4/c1-24-16-8-13(9-17(11-16)25-2)19(23)20-14-10-18(22)21(12-14)15-6-4-3-5-7-15/h3-9,11,14H,10,12H2,1-2H3,(H,20,23)/t14-/m0/s1. The van der Waals surface area contributed by atoms with Gasteiger partial charge >= 0.3 is 0 Å². The average Bonchev–Trinajstić information content (AvgIpc) is 3.02. The summed E-state index contributed by atoms with van der Waals surface area (Å²) in [5.41, 5.74) is 1.27. The third kappa shape index (κ3) is 3.74. The Labute approximate surface area is 146 Å². The third-order valence-electron chi connectivity index (χ3n) is 4.14. The zero-order valence-corrected chi connectivity index (χ0v) is 14.2. The van der Waals surface area contributed by atoms with Crippen LogP contribution in [0.5, 0.6) is 11.5 Å². The van der Waals surface area contributed by atoms with Gasteiger partial charge < -0.3 is 19.7 Å². The predicted octanol–water partition coefficient (Wildman–Crippen LogP) is 2.24. The molecule has 1 N–H and O–H groups in total. The Morgan fingerprint density at radius 2 is 1.72 bits per heavy atom. The van der Waals surface area contributed by atoms with E-state index in [1.54, 1.807) is 23.1 Å². The molecule has 0 unspecified atom stereocenters. The molecule has 25 heavy (non-hydrogen) atoms. The Balaban J connectivity index is 1.71. The molecule has 1 atom stereocenters. The number of anilines is 1. The first-order valence-corrected chi connectivity index (χ1v) is 8.00. The van der Waals surface area contributed by atoms with Crippen LogP contribution in [0, 0.1) is 0 Å². The van der Waals surface area contributed by atoms with E-state index in [4.69, 9.17) is 9.47 Å². The number of amides is 2. The second-order valence-electron chi connectivity index (χ2n) is 5.82. The van der Waals surface area contributed by atoms with Gasteiger partial charge in [0.05, 0.1) is 20.3 Å². The maximum atomic E-state index is 12.5. The summed E-state index contributed by atoms with van der Waals surface area (Å²) in [4.78, 5) is 26.5. The minimum Gasteiger partial charge on any atom is -0.497 e. The molecule has 1 fully saturated rings. The van der Waals surface area contributed by atoms with Crippen molar-refractivity contribution in [2.75, 3.05) is 25.7 Å². The van der Waals surface area contributed by atoms with Crippen molar-refractivity contribution in [2.45, 2.75) is 12.5 Å². The van der Waals surface area contributed by atoms with Crippen molar-refractivity contribution in [3.05, 3.63) is 54.1 Å². The molecule has 6 heteroatoms. The van der Waals surface area contributed by atoms with Crippen LogP contribution in [0.25, 0.3) is 0 Å². The number of methoxy groups -OCH3 is 2. The summed E-state index contributed by atoms with van der Waals surface area (Å²) in [7, 11) is 3.06. The van der Waals surface area contributed by atoms with Crippen LogP contribution >= 0.6 is 0 Å². The van der Waals surface area contributed by atoms with Crippen LogP contribution in [-0.4, -0.2) is 38.6 Å². The summed E-state index contributed by atoms with van der Waals surface area (Å²) in [6, 6.07) is 14.2. The summed E-state index contributed by atoms with van der Waals surface area (Å²) in [6.45, 7) is 0.454. The first-order valence-electron chi connectivity index (χ1n) is 8.00. The van der Waals surface area contributed by atoms with Crippen molar-refractivity contribution in [3.63, 3.8) is 0 Å². The van der Waals surface area contributed by atoms with Gasteiger partial charge in [0.1, 0.15) is 11.5 Å². The van der Waals surface area contributed by atoms with Crippen LogP contribution in [-0.2, 0) is 4.79 Å². The molecule has 0 spiro atoms. The van der Waals surface area contributed by atoms with Crippen LogP contribution in [0.4, 0.5) is 5.69 Å². The molecule has 0 aromatic heterocycles. The fourth-order valence-corrected chi connectivity index (χ4v) is 2.87. The molecule has 1 saturated heterocycles. The third-order valence-corrected chi connectivity index (χ3v) is 4.14. The van der Waals surface area contributed by atoms with E-state index < -0.39 is 0 Å². The number of rotatable bonds is 5. The minimum atomic E-state index is -0.259. The molecular formula is C19H20N2O4. The smallest absolute Gasteiger partial charge is 0.251 e. The summed E-state index contributed by atoms with van der Waals surface area (Å²) in [6.07, 6.45) is 0.280. The van der Waals surface area contributed by atoms with Gasteiger partial charge in [0.2, 0.25) is 5.91 Å². The fourth-order valence-electron chi connectivity index (χ4n) is 2.87. The highest BCUT2D eigenvalue weighted by molar-refractivity contribution is 5.99. The first kappa shape index (κ1) is 16.8. The van der Waals surface area contributed by atoms with E-state index in [2.05, 4.69) is 5.32 Å². The zero-order chi connectivity index (χ0) is 17.8. The summed E-state index contributed by atoms with van der Waals surface area (Å²) < 4.78 is 10.4. The number of hydrogen-bond acceptors (Lipinski definition) is 4. The molecule has 2 aromatic carbocycles. The van der Waals surface area contributed by atoms with Gasteiger partial charge in [-0.1, -0.05) is 18.2 Å². The van der Waals surface area contributed by atoms with Gasteiger partial charge in [-0.2, -0.15) is 0 Å². The van der Waals surface area contributed by atoms with Crippen molar-refractivity contribution < 1.29 is 19.1 Å². The predicted molar refractivity (Wildman–Crippen MR) is 94.2 cm³/mol. The minimum absolute atomic E-state index is 0.000257. The largest absolute Gasteiger partial charge is 0.497 e. The highest BCUT2D eigenvalue weighted by Gasteiger charge is 2.31. The van der Waals surface area contributed by atoms with Crippen molar-refractivity contribution in [3.8, 4) is 11.5 Å². The molecule has 0 saturated carbocycles. The molecule has 3 rings (SSSR count). The molecule has 0 aliphatic carbocycles. The van der Waals surface area contributed by atoms with Crippen LogP contribution in [0.1, 0.15) is 16.8 Å². The molecule has 0 radical (unpaired) electrons. The molecule has 130 valence electrons. The van der Waals surface area contributed by atoms with E-state index in [0.29, 0.717) is 23.6 Å². The summed E-state index contributed by atoms with van der Waals surface area (Å²) >= 11 is 0. The lowest BCUT2D eigenvalue weighted by Crippen LogP contribution is -2.37. The van der Waals surface area contributed by atoms with Gasteiger partial charge in [0, 0.05) is 30.3 Å². The summed E-state index contributed by atoms with van der Waals surface area (Å²) in [5.74, 6) is 0.820. The second kappa shape index (κ2) is 7.25. The zero-order valence-electron chi connectivity index (χ0n) is 14.2. The molecule has 1 aliphatic heterocycles. The molecular weight excluding hydrogens is 320 g/mol. The number of carbonyl (C=O) groups excluding carboxylic acids is 2. The van der Waals surface area contributed by atoms with E-state index in [0.717, 1.165) is 5.69 Å². The average molecular weight is 340 g/mol. The van der Waals surface area contributed by atoms with Gasteiger partial charge in [0.25, 0.3) is 5.91 Å². The highest BCUT2D eigenvalue weighted by atomic mass is 16.5. The van der Waals surface area contributed by atoms with Crippen molar-refractivity contribution in [1.82, 2.24) is 5.32 Å². The maximum Gasteiger partial charge on any atom is 0.251 e. The molecule has 1 aliphatic rings. The van der Waals surface area contributed by atoms with Crippen LogP contribution in [0.15, 0.2) is 48.5 Å². The molecule has 1 heterocycles. The van der Waals surface area contributed by atoms with Gasteiger partial charge in [-0.3, -0.25) is 9.59 Å². The van der Waals surface area contributed by atoms with Crippen molar-refractivity contribution >= 4 is 17.5 Å². The summed E-state index contributed by atoms with van der Waals surface area (Å²) in [5, 5.41) is 2.92. The maximum absolute atomic E-state index is 12.5. The van der Waals surface area contributed by atoms with E-state index in [1.165, 1.54) is 14.2 Å². The highest BCUT2D eigenvalue weighted by Crippen LogP contribution is 2.24. The van der Waals surface area contributed by atoms with Crippen LogP contribution in [0.3, 0.4) is 0 Å². The van der Waals surface area contributed by atoms with E-state index in [1.807, 2.05) is 30.3 Å². The number of nitrogens with zero attached hydrogens (tertiary/aromatic N) is 1. The van der Waals surface area contributed by atoms with Gasteiger partial charge in [-0.15, -0.1) is 0 Å². The monoisotopic (exact) mass is 340 g/mol. The van der Waals surface area contributed by atoms with E-state index in [-0.39, 0.29) is 24.3 Å². The first-order chi connectivity index (χ1) is 12.1. The molecule has 2 aromatic rings. The Morgan fingerprint density at radius 3 is 2.32 bits per heavy atom. The molecule has 2 amide bonds. The Kier molecular flexibility index (Phi) is 4.88. The van der Waals surface area contributed by atoms with E-state index >= 15 is 0 Å². The number of ether oxygens (including phenoxy) is 2. The van der Waals surface area contributed by atoms with Crippen molar-refractivity contribution in [1.29, 1.82) is 0 Å². The molecule has 0 bridgehead atoms.